The summed E-state index contributed by atoms with van der Waals surface area (Å²) < 4.78 is 28.4. The molecule has 1 unspecified atom stereocenters. The molecular weight excluding hydrogens is 304 g/mol. The zero-order chi connectivity index (χ0) is 16.3. The van der Waals surface area contributed by atoms with Gasteiger partial charge in [0.1, 0.15) is 10.6 Å². The number of hydrogen-bond acceptors (Lipinski definition) is 4. The van der Waals surface area contributed by atoms with Crippen LogP contribution < -0.4 is 11.1 Å². The van der Waals surface area contributed by atoms with E-state index in [0.717, 1.165) is 12.8 Å². The molecule has 1 saturated heterocycles. The normalized spacial score (nSPS) is 20.0. The summed E-state index contributed by atoms with van der Waals surface area (Å²) in [5.74, 6) is 0.0426. The second kappa shape index (κ2) is 6.80. The van der Waals surface area contributed by atoms with Gasteiger partial charge in [0.05, 0.1) is 0 Å². The van der Waals surface area contributed by atoms with Gasteiger partial charge < -0.3 is 15.6 Å². The molecule has 1 aliphatic rings. The fraction of sp³-hybridized carbons (Fsp3) is 0.643. The minimum absolute atomic E-state index is 0.169. The zero-order valence-electron chi connectivity index (χ0n) is 13.1. The first-order chi connectivity index (χ1) is 10.4. The van der Waals surface area contributed by atoms with E-state index >= 15 is 0 Å². The summed E-state index contributed by atoms with van der Waals surface area (Å²) in [6.45, 7) is 3.82. The van der Waals surface area contributed by atoms with E-state index in [0.29, 0.717) is 37.8 Å². The molecule has 0 saturated carbocycles. The van der Waals surface area contributed by atoms with Crippen LogP contribution in [0.4, 0.5) is 0 Å². The van der Waals surface area contributed by atoms with Gasteiger partial charge in [-0.05, 0) is 24.8 Å². The third-order valence-corrected chi connectivity index (χ3v) is 5.73. The largest absolute Gasteiger partial charge is 0.349 e. The van der Waals surface area contributed by atoms with Gasteiger partial charge in [-0.25, -0.2) is 8.42 Å². The van der Waals surface area contributed by atoms with Crippen molar-refractivity contribution in [2.45, 2.75) is 24.7 Å². The Hall–Kier alpha value is -1.38. The van der Waals surface area contributed by atoms with Gasteiger partial charge in [-0.1, -0.05) is 6.92 Å². The van der Waals surface area contributed by atoms with Gasteiger partial charge in [0.15, 0.2) is 0 Å². The van der Waals surface area contributed by atoms with Crippen LogP contribution in [0.5, 0.6) is 0 Å². The van der Waals surface area contributed by atoms with Crippen molar-refractivity contribution in [1.82, 2.24) is 14.2 Å². The highest BCUT2D eigenvalue weighted by Gasteiger charge is 2.30. The van der Waals surface area contributed by atoms with Gasteiger partial charge in [0.2, 0.25) is 10.0 Å². The van der Waals surface area contributed by atoms with Crippen molar-refractivity contribution in [2.24, 2.45) is 18.7 Å². The van der Waals surface area contributed by atoms with Crippen LogP contribution in [-0.4, -0.2) is 49.4 Å². The van der Waals surface area contributed by atoms with Crippen molar-refractivity contribution in [3.8, 4) is 0 Å². The molecular formula is C14H24N4O3S. The Kier molecular flexibility index (Phi) is 5.25. The number of nitrogens with two attached hydrogens (primary N) is 1. The van der Waals surface area contributed by atoms with Crippen molar-refractivity contribution in [1.29, 1.82) is 0 Å². The second-order valence-electron chi connectivity index (χ2n) is 5.83. The molecule has 0 bridgehead atoms. The standard InChI is InChI=1S/C14H24N4O3S/c1-11-4-3-7-18(9-11)22(20,21)12-8-13(17(2)10-12)14(19)16-6-5-15/h8,10-11H,3-7,9,15H2,1-2H3,(H,16,19). The molecule has 0 spiro atoms. The predicted molar refractivity (Wildman–Crippen MR) is 84.0 cm³/mol. The molecule has 1 amide bonds. The molecule has 8 heteroatoms. The average Bonchev–Trinajstić information content (AvgIpc) is 2.87. The maximum atomic E-state index is 12.7. The maximum absolute atomic E-state index is 12.7. The second-order valence-corrected chi connectivity index (χ2v) is 7.76. The Morgan fingerprint density at radius 2 is 2.23 bits per heavy atom. The smallest absolute Gasteiger partial charge is 0.267 e. The Labute approximate surface area is 131 Å². The number of aromatic nitrogens is 1. The third kappa shape index (κ3) is 3.50. The summed E-state index contributed by atoms with van der Waals surface area (Å²) in [6, 6.07) is 1.43. The molecule has 1 atom stereocenters. The first-order valence-electron chi connectivity index (χ1n) is 7.51. The number of aryl methyl sites for hydroxylation is 1. The number of carbonyl (C=O) groups is 1. The summed E-state index contributed by atoms with van der Waals surface area (Å²) >= 11 is 0. The number of rotatable bonds is 5. The molecule has 1 aromatic rings. The highest BCUT2D eigenvalue weighted by atomic mass is 32.2. The zero-order valence-corrected chi connectivity index (χ0v) is 13.9. The Morgan fingerprint density at radius 3 is 2.86 bits per heavy atom. The van der Waals surface area contributed by atoms with E-state index in [1.54, 1.807) is 7.05 Å². The minimum Gasteiger partial charge on any atom is -0.349 e. The Bertz CT molecular complexity index is 639. The molecule has 0 aromatic carbocycles. The van der Waals surface area contributed by atoms with E-state index in [2.05, 4.69) is 12.2 Å². The van der Waals surface area contributed by atoms with Crippen LogP contribution in [0.25, 0.3) is 0 Å². The highest BCUT2D eigenvalue weighted by Crippen LogP contribution is 2.24. The number of sulfonamides is 1. The SMILES string of the molecule is CC1CCCN(S(=O)(=O)c2cc(C(=O)NCCN)n(C)c2)C1. The lowest BCUT2D eigenvalue weighted by molar-refractivity contribution is 0.0946. The fourth-order valence-corrected chi connectivity index (χ4v) is 4.36. The first kappa shape index (κ1) is 17.0. The van der Waals surface area contributed by atoms with Crippen LogP contribution in [0.1, 0.15) is 30.3 Å². The number of nitrogens with zero attached hydrogens (tertiary/aromatic N) is 2. The number of carbonyl (C=O) groups excluding carboxylic acids is 1. The molecule has 0 aliphatic carbocycles. The number of piperidine rings is 1. The van der Waals surface area contributed by atoms with E-state index in [-0.39, 0.29) is 10.8 Å². The van der Waals surface area contributed by atoms with Crippen molar-refractivity contribution in [3.63, 3.8) is 0 Å². The van der Waals surface area contributed by atoms with Crippen LogP contribution in [-0.2, 0) is 17.1 Å². The summed E-state index contributed by atoms with van der Waals surface area (Å²) in [4.78, 5) is 12.2. The van der Waals surface area contributed by atoms with E-state index in [4.69, 9.17) is 5.73 Å². The molecule has 0 radical (unpaired) electrons. The van der Waals surface area contributed by atoms with E-state index in [1.165, 1.54) is 21.1 Å². The summed E-state index contributed by atoms with van der Waals surface area (Å²) in [5.41, 5.74) is 5.67. The first-order valence-corrected chi connectivity index (χ1v) is 8.95. The number of hydrogen-bond donors (Lipinski definition) is 2. The maximum Gasteiger partial charge on any atom is 0.267 e. The number of nitrogens with one attached hydrogen (secondary N) is 1. The monoisotopic (exact) mass is 328 g/mol. The Balaban J connectivity index is 2.23. The molecule has 22 heavy (non-hydrogen) atoms. The van der Waals surface area contributed by atoms with Crippen LogP contribution in [0.2, 0.25) is 0 Å². The molecule has 124 valence electrons. The van der Waals surface area contributed by atoms with Gasteiger partial charge in [-0.15, -0.1) is 0 Å². The third-order valence-electron chi connectivity index (χ3n) is 3.90. The topological polar surface area (TPSA) is 97.4 Å². The molecule has 3 N–H and O–H groups in total. The lowest BCUT2D eigenvalue weighted by atomic mass is 10.0. The van der Waals surface area contributed by atoms with E-state index < -0.39 is 10.0 Å². The highest BCUT2D eigenvalue weighted by molar-refractivity contribution is 7.89. The van der Waals surface area contributed by atoms with Crippen molar-refractivity contribution in [3.05, 3.63) is 18.0 Å². The van der Waals surface area contributed by atoms with Gasteiger partial charge in [-0.2, -0.15) is 4.31 Å². The van der Waals surface area contributed by atoms with E-state index in [9.17, 15) is 13.2 Å². The van der Waals surface area contributed by atoms with Crippen LogP contribution in [0.3, 0.4) is 0 Å². The van der Waals surface area contributed by atoms with Gasteiger partial charge in [0.25, 0.3) is 5.91 Å². The molecule has 1 aliphatic heterocycles. The summed E-state index contributed by atoms with van der Waals surface area (Å²) in [5, 5.41) is 2.65. The molecule has 1 fully saturated rings. The molecule has 2 heterocycles. The van der Waals surface area contributed by atoms with Crippen LogP contribution in [0.15, 0.2) is 17.2 Å². The number of amides is 1. The summed E-state index contributed by atoms with van der Waals surface area (Å²) in [7, 11) is -1.88. The quantitative estimate of drug-likeness (QED) is 0.803. The van der Waals surface area contributed by atoms with Crippen molar-refractivity contribution < 1.29 is 13.2 Å². The lowest BCUT2D eigenvalue weighted by Gasteiger charge is -2.29. The van der Waals surface area contributed by atoms with Crippen LogP contribution >= 0.6 is 0 Å². The predicted octanol–water partition coefficient (Wildman–Crippen LogP) is 0.134. The van der Waals surface area contributed by atoms with Gasteiger partial charge in [0, 0.05) is 39.4 Å². The van der Waals surface area contributed by atoms with Crippen LogP contribution in [0, 0.1) is 5.92 Å². The van der Waals surface area contributed by atoms with Crippen molar-refractivity contribution in [2.75, 3.05) is 26.2 Å². The van der Waals surface area contributed by atoms with Crippen molar-refractivity contribution >= 4 is 15.9 Å². The van der Waals surface area contributed by atoms with E-state index in [1.807, 2.05) is 0 Å². The van der Waals surface area contributed by atoms with Gasteiger partial charge >= 0.3 is 0 Å². The molecule has 7 nitrogen and oxygen atoms in total. The fourth-order valence-electron chi connectivity index (χ4n) is 2.69. The molecule has 2 rings (SSSR count). The lowest BCUT2D eigenvalue weighted by Crippen LogP contribution is -2.38. The Morgan fingerprint density at radius 1 is 1.50 bits per heavy atom. The van der Waals surface area contributed by atoms with Gasteiger partial charge in [-0.3, -0.25) is 4.79 Å². The molecule has 1 aromatic heterocycles. The summed E-state index contributed by atoms with van der Waals surface area (Å²) in [6.07, 6.45) is 3.41. The minimum atomic E-state index is -3.54. The average molecular weight is 328 g/mol.